The Bertz CT molecular complexity index is 651. The lowest BCUT2D eigenvalue weighted by Gasteiger charge is -2.32. The monoisotopic (exact) mass is 325 g/mol. The van der Waals surface area contributed by atoms with E-state index in [1.54, 1.807) is 6.20 Å². The number of piperidine rings is 1. The number of hydrogen-bond donors (Lipinski definition) is 2. The Balaban J connectivity index is 1.41. The molecule has 6 nitrogen and oxygen atoms in total. The molecular formula is C18H23N5O. The van der Waals surface area contributed by atoms with Crippen molar-refractivity contribution < 1.29 is 4.79 Å². The Kier molecular flexibility index (Phi) is 5.38. The molecular weight excluding hydrogens is 302 g/mol. The summed E-state index contributed by atoms with van der Waals surface area (Å²) < 4.78 is 0. The van der Waals surface area contributed by atoms with Gasteiger partial charge in [-0.05, 0) is 49.1 Å². The van der Waals surface area contributed by atoms with E-state index in [-0.39, 0.29) is 12.1 Å². The maximum absolute atomic E-state index is 12.1. The number of hydrogen-bond acceptors (Lipinski definition) is 4. The molecule has 1 aliphatic heterocycles. The van der Waals surface area contributed by atoms with Crippen LogP contribution in [-0.2, 0) is 6.54 Å². The van der Waals surface area contributed by atoms with Crippen LogP contribution in [-0.4, -0.2) is 40.0 Å². The van der Waals surface area contributed by atoms with Gasteiger partial charge < -0.3 is 5.32 Å². The number of anilines is 1. The molecule has 2 aromatic heterocycles. The van der Waals surface area contributed by atoms with Crippen LogP contribution in [0.4, 0.5) is 10.6 Å². The Morgan fingerprint density at radius 1 is 1.21 bits per heavy atom. The number of nitrogens with one attached hydrogen (secondary N) is 2. The molecule has 0 atom stereocenters. The van der Waals surface area contributed by atoms with Gasteiger partial charge in [-0.25, -0.2) is 9.78 Å². The van der Waals surface area contributed by atoms with Crippen LogP contribution in [0.2, 0.25) is 0 Å². The normalized spacial score (nSPS) is 15.9. The van der Waals surface area contributed by atoms with Gasteiger partial charge in [0.15, 0.2) is 0 Å². The summed E-state index contributed by atoms with van der Waals surface area (Å²) in [6, 6.07) is 7.87. The third-order valence-electron chi connectivity index (χ3n) is 4.23. The fourth-order valence-corrected chi connectivity index (χ4v) is 2.86. The van der Waals surface area contributed by atoms with Crippen LogP contribution < -0.4 is 10.6 Å². The molecule has 0 spiro atoms. The summed E-state index contributed by atoms with van der Waals surface area (Å²) in [6.07, 6.45) is 7.31. The molecule has 126 valence electrons. The molecule has 1 saturated heterocycles. The summed E-state index contributed by atoms with van der Waals surface area (Å²) in [4.78, 5) is 22.7. The van der Waals surface area contributed by atoms with Crippen LogP contribution >= 0.6 is 0 Å². The van der Waals surface area contributed by atoms with E-state index >= 15 is 0 Å². The number of aryl methyl sites for hydroxylation is 1. The molecule has 6 heteroatoms. The third kappa shape index (κ3) is 4.76. The lowest BCUT2D eigenvalue weighted by molar-refractivity contribution is 0.190. The third-order valence-corrected chi connectivity index (χ3v) is 4.23. The van der Waals surface area contributed by atoms with Gasteiger partial charge in [-0.15, -0.1) is 0 Å². The first-order chi connectivity index (χ1) is 11.7. The van der Waals surface area contributed by atoms with Gasteiger partial charge in [-0.3, -0.25) is 15.2 Å². The number of aromatic nitrogens is 2. The van der Waals surface area contributed by atoms with Crippen molar-refractivity contribution in [2.75, 3.05) is 18.4 Å². The minimum absolute atomic E-state index is 0.182. The molecule has 2 amide bonds. The average Bonchev–Trinajstić information content (AvgIpc) is 2.60. The summed E-state index contributed by atoms with van der Waals surface area (Å²) in [5.74, 6) is 0.577. The summed E-state index contributed by atoms with van der Waals surface area (Å²) >= 11 is 0. The van der Waals surface area contributed by atoms with E-state index in [9.17, 15) is 4.79 Å². The first-order valence-corrected chi connectivity index (χ1v) is 8.30. The molecule has 3 rings (SSSR count). The lowest BCUT2D eigenvalue weighted by atomic mass is 10.0. The molecule has 0 bridgehead atoms. The summed E-state index contributed by atoms with van der Waals surface area (Å²) in [6.45, 7) is 4.87. The van der Waals surface area contributed by atoms with Crippen molar-refractivity contribution in [1.82, 2.24) is 20.2 Å². The summed E-state index contributed by atoms with van der Waals surface area (Å²) in [5.41, 5.74) is 2.35. The van der Waals surface area contributed by atoms with Crippen molar-refractivity contribution in [2.45, 2.75) is 32.4 Å². The maximum atomic E-state index is 12.1. The second kappa shape index (κ2) is 7.88. The summed E-state index contributed by atoms with van der Waals surface area (Å²) in [7, 11) is 0. The zero-order chi connectivity index (χ0) is 16.8. The average molecular weight is 325 g/mol. The molecule has 1 aliphatic rings. The van der Waals surface area contributed by atoms with E-state index in [2.05, 4.69) is 25.5 Å². The Morgan fingerprint density at radius 3 is 2.62 bits per heavy atom. The van der Waals surface area contributed by atoms with Crippen LogP contribution in [0.1, 0.15) is 24.0 Å². The Morgan fingerprint density at radius 2 is 1.96 bits per heavy atom. The number of nitrogens with zero attached hydrogens (tertiary/aromatic N) is 3. The minimum Gasteiger partial charge on any atom is -0.335 e. The first-order valence-electron chi connectivity index (χ1n) is 8.30. The zero-order valence-electron chi connectivity index (χ0n) is 13.9. The number of urea groups is 1. The van der Waals surface area contributed by atoms with Gasteiger partial charge in [0, 0.05) is 44.3 Å². The van der Waals surface area contributed by atoms with Crippen molar-refractivity contribution in [3.8, 4) is 0 Å². The van der Waals surface area contributed by atoms with Gasteiger partial charge in [0.25, 0.3) is 0 Å². The highest BCUT2D eigenvalue weighted by molar-refractivity contribution is 5.88. The number of rotatable bonds is 4. The second-order valence-electron chi connectivity index (χ2n) is 6.23. The van der Waals surface area contributed by atoms with Crippen molar-refractivity contribution in [3.63, 3.8) is 0 Å². The second-order valence-corrected chi connectivity index (χ2v) is 6.23. The fraction of sp³-hybridized carbons (Fsp3) is 0.389. The molecule has 0 radical (unpaired) electrons. The molecule has 0 aliphatic carbocycles. The topological polar surface area (TPSA) is 70.2 Å². The smallest absolute Gasteiger partial charge is 0.320 e. The predicted molar refractivity (Wildman–Crippen MR) is 93.7 cm³/mol. The van der Waals surface area contributed by atoms with Crippen LogP contribution in [0.5, 0.6) is 0 Å². The highest BCUT2D eigenvalue weighted by Crippen LogP contribution is 2.14. The fourth-order valence-electron chi connectivity index (χ4n) is 2.86. The van der Waals surface area contributed by atoms with E-state index in [1.165, 1.54) is 5.56 Å². The van der Waals surface area contributed by atoms with Gasteiger partial charge in [0.05, 0.1) is 0 Å². The minimum atomic E-state index is -0.182. The van der Waals surface area contributed by atoms with Crippen molar-refractivity contribution in [1.29, 1.82) is 0 Å². The van der Waals surface area contributed by atoms with Gasteiger partial charge in [0.1, 0.15) is 5.82 Å². The van der Waals surface area contributed by atoms with Crippen molar-refractivity contribution >= 4 is 11.8 Å². The lowest BCUT2D eigenvalue weighted by Crippen LogP contribution is -2.45. The Labute approximate surface area is 142 Å². The van der Waals surface area contributed by atoms with Crippen molar-refractivity contribution in [2.24, 2.45) is 0 Å². The van der Waals surface area contributed by atoms with Gasteiger partial charge in [-0.1, -0.05) is 6.07 Å². The number of pyridine rings is 2. The van der Waals surface area contributed by atoms with E-state index in [0.29, 0.717) is 5.82 Å². The summed E-state index contributed by atoms with van der Waals surface area (Å²) in [5, 5.41) is 5.83. The molecule has 1 fully saturated rings. The standard InChI is InChI=1S/C18H23N5O/c1-14-2-3-17(20-12-14)22-18(24)21-16-6-10-23(11-7-16)13-15-4-8-19-9-5-15/h2-5,8-9,12,16H,6-7,10-11,13H2,1H3,(H2,20,21,22,24). The maximum Gasteiger partial charge on any atom is 0.320 e. The van der Waals surface area contributed by atoms with Crippen LogP contribution in [0.3, 0.4) is 0 Å². The van der Waals surface area contributed by atoms with Gasteiger partial charge in [-0.2, -0.15) is 0 Å². The number of likely N-dealkylation sites (tertiary alicyclic amines) is 1. The van der Waals surface area contributed by atoms with Gasteiger partial charge >= 0.3 is 6.03 Å². The Hall–Kier alpha value is -2.47. The molecule has 3 heterocycles. The van der Waals surface area contributed by atoms with E-state index in [4.69, 9.17) is 0 Å². The number of carbonyl (C=O) groups is 1. The molecule has 2 N–H and O–H groups in total. The quantitative estimate of drug-likeness (QED) is 0.906. The van der Waals surface area contributed by atoms with E-state index in [1.807, 2.05) is 43.6 Å². The molecule has 0 saturated carbocycles. The molecule has 0 aromatic carbocycles. The first kappa shape index (κ1) is 16.4. The zero-order valence-corrected chi connectivity index (χ0v) is 13.9. The van der Waals surface area contributed by atoms with Gasteiger partial charge in [0.2, 0.25) is 0 Å². The van der Waals surface area contributed by atoms with Crippen LogP contribution in [0.25, 0.3) is 0 Å². The SMILES string of the molecule is Cc1ccc(NC(=O)NC2CCN(Cc3ccncc3)CC2)nc1. The number of carbonyl (C=O) groups excluding carboxylic acids is 1. The van der Waals surface area contributed by atoms with E-state index < -0.39 is 0 Å². The largest absolute Gasteiger partial charge is 0.335 e. The van der Waals surface area contributed by atoms with Crippen LogP contribution in [0, 0.1) is 6.92 Å². The molecule has 24 heavy (non-hydrogen) atoms. The highest BCUT2D eigenvalue weighted by Gasteiger charge is 2.20. The van der Waals surface area contributed by atoms with E-state index in [0.717, 1.165) is 38.0 Å². The molecule has 2 aromatic rings. The number of amides is 2. The predicted octanol–water partition coefficient (Wildman–Crippen LogP) is 2.57. The van der Waals surface area contributed by atoms with Crippen LogP contribution in [0.15, 0.2) is 42.9 Å². The highest BCUT2D eigenvalue weighted by atomic mass is 16.2. The molecule has 0 unspecified atom stereocenters. The van der Waals surface area contributed by atoms with Crippen molar-refractivity contribution in [3.05, 3.63) is 54.0 Å².